The van der Waals surface area contributed by atoms with Gasteiger partial charge in [-0.15, -0.1) is 0 Å². The van der Waals surface area contributed by atoms with Gasteiger partial charge in [-0.3, -0.25) is 4.57 Å². The Labute approximate surface area is 375 Å². The van der Waals surface area contributed by atoms with Crippen LogP contribution in [0.25, 0.3) is 143 Å². The minimum absolute atomic E-state index is 0.575. The fourth-order valence-electron chi connectivity index (χ4n) is 10.9. The molecule has 0 aliphatic carbocycles. The summed E-state index contributed by atoms with van der Waals surface area (Å²) >= 11 is 0. The van der Waals surface area contributed by atoms with Crippen LogP contribution in [-0.2, 0) is 0 Å². The van der Waals surface area contributed by atoms with E-state index in [-0.39, 0.29) is 0 Å². The molecule has 5 heterocycles. The summed E-state index contributed by atoms with van der Waals surface area (Å²) < 4.78 is 18.3. The Morgan fingerprint density at radius 1 is 0.333 bits per heavy atom. The third-order valence-corrected chi connectivity index (χ3v) is 13.7. The smallest absolute Gasteiger partial charge is 0.235 e. The van der Waals surface area contributed by atoms with E-state index in [0.717, 1.165) is 115 Å². The molecular formula is C60H34N4O2. The fourth-order valence-corrected chi connectivity index (χ4v) is 10.9. The van der Waals surface area contributed by atoms with Crippen LogP contribution in [0.15, 0.2) is 215 Å². The molecule has 15 aromatic rings. The first-order valence-electron chi connectivity index (χ1n) is 22.3. The molecule has 0 saturated heterocycles. The average Bonchev–Trinajstić information content (AvgIpc) is 4.14. The fraction of sp³-hybridized carbons (Fsp3) is 0. The molecule has 0 fully saturated rings. The van der Waals surface area contributed by atoms with Gasteiger partial charge in [0.15, 0.2) is 5.58 Å². The number of rotatable bonds is 4. The second kappa shape index (κ2) is 13.3. The third-order valence-electron chi connectivity index (χ3n) is 13.7. The zero-order valence-electron chi connectivity index (χ0n) is 35.2. The molecule has 0 radical (unpaired) electrons. The summed E-state index contributed by atoms with van der Waals surface area (Å²) in [7, 11) is 0. The summed E-state index contributed by atoms with van der Waals surface area (Å²) in [5.74, 6) is 0.575. The molecule has 15 rings (SSSR count). The molecule has 0 unspecified atom stereocenters. The molecule has 5 aromatic heterocycles. The van der Waals surface area contributed by atoms with E-state index in [4.69, 9.17) is 18.8 Å². The van der Waals surface area contributed by atoms with E-state index >= 15 is 0 Å². The SMILES string of the molecule is c1ccc(-c2nc(-n3c4ccc(-c5ccc6c(c5)c5ccccc5n6-c5ccccc5)cc4c4c5ccc6oc7ccccc7c6c5c5c6ccccc6oc5c43)nc3ccccc23)cc1. The number of para-hydroxylation sites is 5. The van der Waals surface area contributed by atoms with Crippen LogP contribution >= 0.6 is 0 Å². The quantitative estimate of drug-likeness (QED) is 0.177. The molecule has 0 atom stereocenters. The lowest BCUT2D eigenvalue weighted by Crippen LogP contribution is -2.03. The third kappa shape index (κ3) is 4.84. The predicted molar refractivity (Wildman–Crippen MR) is 271 cm³/mol. The molecule has 10 aromatic carbocycles. The first kappa shape index (κ1) is 35.5. The van der Waals surface area contributed by atoms with Gasteiger partial charge in [0.05, 0.1) is 27.8 Å². The number of nitrogens with zero attached hydrogens (tertiary/aromatic N) is 4. The summed E-state index contributed by atoms with van der Waals surface area (Å²) in [5, 5.41) is 12.0. The van der Waals surface area contributed by atoms with Gasteiger partial charge in [-0.05, 0) is 89.3 Å². The van der Waals surface area contributed by atoms with Gasteiger partial charge in [0, 0.05) is 65.1 Å². The van der Waals surface area contributed by atoms with Crippen molar-refractivity contribution in [3.63, 3.8) is 0 Å². The molecule has 6 heteroatoms. The Kier molecular flexibility index (Phi) is 7.13. The van der Waals surface area contributed by atoms with Crippen LogP contribution in [0, 0.1) is 0 Å². The van der Waals surface area contributed by atoms with E-state index in [1.165, 1.54) is 21.8 Å². The topological polar surface area (TPSA) is 61.9 Å². The Hall–Kier alpha value is -9.00. The minimum atomic E-state index is 0.575. The van der Waals surface area contributed by atoms with Crippen LogP contribution in [0.1, 0.15) is 0 Å². The molecule has 0 aliphatic heterocycles. The van der Waals surface area contributed by atoms with Crippen LogP contribution in [0.3, 0.4) is 0 Å². The Balaban J connectivity index is 1.10. The maximum absolute atomic E-state index is 7.14. The number of furan rings is 2. The zero-order valence-corrected chi connectivity index (χ0v) is 35.2. The maximum Gasteiger partial charge on any atom is 0.235 e. The standard InChI is InChI=1S/C60H34N4O2/c1-3-15-35(16-4-1)57-40-20-7-11-23-46(40)61-60(62-57)64-49-31-28-37(36-27-30-48-44(33-36)39-19-8-12-24-47(39)63(48)38-17-5-2-6-18-38)34-45(49)53-43-29-32-52-54(41-21-9-13-25-50(41)65-52)55(43)56-42-22-10-14-26-51(42)66-59(56)58(53)64/h1-34H. The predicted octanol–water partition coefficient (Wildman–Crippen LogP) is 16.1. The summed E-state index contributed by atoms with van der Waals surface area (Å²) in [4.78, 5) is 10.9. The average molecular weight is 843 g/mol. The number of benzene rings is 10. The number of hydrogen-bond acceptors (Lipinski definition) is 4. The molecule has 0 aliphatic rings. The molecule has 0 saturated carbocycles. The molecule has 66 heavy (non-hydrogen) atoms. The molecular weight excluding hydrogens is 809 g/mol. The summed E-state index contributed by atoms with van der Waals surface area (Å²) in [6.07, 6.45) is 0. The van der Waals surface area contributed by atoms with E-state index in [9.17, 15) is 0 Å². The van der Waals surface area contributed by atoms with Gasteiger partial charge in [-0.2, -0.15) is 0 Å². The van der Waals surface area contributed by atoms with Gasteiger partial charge in [-0.25, -0.2) is 9.97 Å². The van der Waals surface area contributed by atoms with Crippen LogP contribution in [0.5, 0.6) is 0 Å². The summed E-state index contributed by atoms with van der Waals surface area (Å²) in [6, 6.07) is 72.8. The highest BCUT2D eigenvalue weighted by Crippen LogP contribution is 2.50. The summed E-state index contributed by atoms with van der Waals surface area (Å²) in [5.41, 5.74) is 13.7. The molecule has 0 spiro atoms. The van der Waals surface area contributed by atoms with E-state index in [2.05, 4.69) is 191 Å². The highest BCUT2D eigenvalue weighted by atomic mass is 16.3. The van der Waals surface area contributed by atoms with Crippen molar-refractivity contribution in [2.24, 2.45) is 0 Å². The Morgan fingerprint density at radius 2 is 0.939 bits per heavy atom. The number of hydrogen-bond donors (Lipinski definition) is 0. The van der Waals surface area contributed by atoms with Crippen LogP contribution in [0.2, 0.25) is 0 Å². The van der Waals surface area contributed by atoms with Gasteiger partial charge >= 0.3 is 0 Å². The highest BCUT2D eigenvalue weighted by molar-refractivity contribution is 6.41. The van der Waals surface area contributed by atoms with E-state index in [0.29, 0.717) is 5.95 Å². The molecule has 306 valence electrons. The van der Waals surface area contributed by atoms with Crippen molar-refractivity contribution in [2.75, 3.05) is 0 Å². The zero-order chi connectivity index (χ0) is 43.0. The van der Waals surface area contributed by atoms with Crippen molar-refractivity contribution in [1.82, 2.24) is 19.1 Å². The largest absolute Gasteiger partial charge is 0.456 e. The van der Waals surface area contributed by atoms with Crippen molar-refractivity contribution in [2.45, 2.75) is 0 Å². The van der Waals surface area contributed by atoms with Crippen molar-refractivity contribution < 1.29 is 8.83 Å². The maximum atomic E-state index is 7.14. The van der Waals surface area contributed by atoms with Gasteiger partial charge in [-0.1, -0.05) is 133 Å². The van der Waals surface area contributed by atoms with Crippen molar-refractivity contribution >= 4 is 109 Å². The first-order chi connectivity index (χ1) is 32.7. The lowest BCUT2D eigenvalue weighted by atomic mass is 9.94. The molecule has 6 nitrogen and oxygen atoms in total. The van der Waals surface area contributed by atoms with Crippen molar-refractivity contribution in [3.05, 3.63) is 206 Å². The van der Waals surface area contributed by atoms with Crippen LogP contribution in [-0.4, -0.2) is 19.1 Å². The Bertz CT molecular complexity index is 4520. The molecule has 0 amide bonds. The minimum Gasteiger partial charge on any atom is -0.456 e. The van der Waals surface area contributed by atoms with Crippen LogP contribution < -0.4 is 0 Å². The monoisotopic (exact) mass is 842 g/mol. The van der Waals surface area contributed by atoms with Crippen LogP contribution in [0.4, 0.5) is 0 Å². The number of aromatic nitrogens is 4. The number of fused-ring (bicyclic) bond motifs is 18. The summed E-state index contributed by atoms with van der Waals surface area (Å²) in [6.45, 7) is 0. The lowest BCUT2D eigenvalue weighted by Gasteiger charge is -2.12. The van der Waals surface area contributed by atoms with Crippen molar-refractivity contribution in [1.29, 1.82) is 0 Å². The van der Waals surface area contributed by atoms with E-state index in [1.807, 2.05) is 24.3 Å². The first-order valence-corrected chi connectivity index (χ1v) is 22.3. The molecule has 0 bridgehead atoms. The second-order valence-corrected chi connectivity index (χ2v) is 17.2. The normalized spacial score (nSPS) is 12.2. The van der Waals surface area contributed by atoms with Gasteiger partial charge in [0.25, 0.3) is 0 Å². The van der Waals surface area contributed by atoms with Gasteiger partial charge in [0.1, 0.15) is 22.3 Å². The second-order valence-electron chi connectivity index (χ2n) is 17.2. The van der Waals surface area contributed by atoms with E-state index in [1.54, 1.807) is 0 Å². The lowest BCUT2D eigenvalue weighted by molar-refractivity contribution is 0.669. The highest BCUT2D eigenvalue weighted by Gasteiger charge is 2.27. The molecule has 0 N–H and O–H groups in total. The van der Waals surface area contributed by atoms with E-state index < -0.39 is 0 Å². The Morgan fingerprint density at radius 3 is 1.73 bits per heavy atom. The van der Waals surface area contributed by atoms with Gasteiger partial charge < -0.3 is 13.4 Å². The van der Waals surface area contributed by atoms with Gasteiger partial charge in [0.2, 0.25) is 5.95 Å². The van der Waals surface area contributed by atoms with Crippen molar-refractivity contribution in [3.8, 4) is 34.0 Å².